The first-order chi connectivity index (χ1) is 12.1. The summed E-state index contributed by atoms with van der Waals surface area (Å²) in [7, 11) is -3.21. The van der Waals surface area contributed by atoms with E-state index >= 15 is 0 Å². The third-order valence-electron chi connectivity index (χ3n) is 3.64. The Bertz CT molecular complexity index is 749. The lowest BCUT2D eigenvalue weighted by Crippen LogP contribution is -2.42. The molecule has 0 aliphatic carbocycles. The number of aliphatic imine (C=N–C) groups is 1. The van der Waals surface area contributed by atoms with Gasteiger partial charge in [0.1, 0.15) is 0 Å². The SMILES string of the molecule is CCNC(=NCc1ccc(S(C)(=O)=O)c(C)c1)NCCNC(=O)C(C)C.I. The summed E-state index contributed by atoms with van der Waals surface area (Å²) in [6.45, 7) is 9.69. The van der Waals surface area contributed by atoms with Gasteiger partial charge in [-0.25, -0.2) is 13.4 Å². The molecule has 0 unspecified atom stereocenters. The summed E-state index contributed by atoms with van der Waals surface area (Å²) in [6, 6.07) is 5.24. The summed E-state index contributed by atoms with van der Waals surface area (Å²) in [5.41, 5.74) is 1.65. The highest BCUT2D eigenvalue weighted by Gasteiger charge is 2.10. The molecule has 1 rings (SSSR count). The van der Waals surface area contributed by atoms with Crippen molar-refractivity contribution < 1.29 is 13.2 Å². The molecule has 7 nitrogen and oxygen atoms in total. The topological polar surface area (TPSA) is 99.7 Å². The van der Waals surface area contributed by atoms with Gasteiger partial charge in [0.2, 0.25) is 5.91 Å². The van der Waals surface area contributed by atoms with Gasteiger partial charge in [0.15, 0.2) is 15.8 Å². The zero-order valence-electron chi connectivity index (χ0n) is 16.6. The molecule has 0 radical (unpaired) electrons. The van der Waals surface area contributed by atoms with E-state index in [9.17, 15) is 13.2 Å². The molecule has 0 saturated heterocycles. The van der Waals surface area contributed by atoms with Crippen molar-refractivity contribution in [2.45, 2.75) is 39.1 Å². The van der Waals surface area contributed by atoms with Crippen molar-refractivity contribution in [3.05, 3.63) is 29.3 Å². The Labute approximate surface area is 179 Å². The summed E-state index contributed by atoms with van der Waals surface area (Å²) < 4.78 is 23.4. The average molecular weight is 510 g/mol. The van der Waals surface area contributed by atoms with E-state index in [1.807, 2.05) is 26.8 Å². The molecule has 27 heavy (non-hydrogen) atoms. The number of halogens is 1. The van der Waals surface area contributed by atoms with Crippen molar-refractivity contribution in [2.75, 3.05) is 25.9 Å². The van der Waals surface area contributed by atoms with Gasteiger partial charge < -0.3 is 16.0 Å². The maximum atomic E-state index is 11.7. The van der Waals surface area contributed by atoms with Crippen molar-refractivity contribution in [2.24, 2.45) is 10.9 Å². The summed E-state index contributed by atoms with van der Waals surface area (Å²) in [5.74, 6) is 0.640. The Morgan fingerprint density at radius 1 is 1.15 bits per heavy atom. The fourth-order valence-electron chi connectivity index (χ4n) is 2.31. The van der Waals surface area contributed by atoms with Crippen molar-refractivity contribution >= 4 is 45.7 Å². The lowest BCUT2D eigenvalue weighted by Gasteiger charge is -2.13. The molecule has 0 fully saturated rings. The van der Waals surface area contributed by atoms with E-state index < -0.39 is 9.84 Å². The van der Waals surface area contributed by atoms with Crippen LogP contribution in [-0.2, 0) is 21.2 Å². The maximum Gasteiger partial charge on any atom is 0.222 e. The van der Waals surface area contributed by atoms with E-state index in [0.717, 1.165) is 17.7 Å². The molecule has 1 aromatic rings. The number of amides is 1. The smallest absolute Gasteiger partial charge is 0.222 e. The second-order valence-corrected chi connectivity index (χ2v) is 8.42. The summed E-state index contributed by atoms with van der Waals surface area (Å²) in [5, 5.41) is 9.15. The Kier molecular flexibility index (Phi) is 11.6. The summed E-state index contributed by atoms with van der Waals surface area (Å²) in [4.78, 5) is 16.4. The standard InChI is InChI=1S/C18H30N4O3S.HI/c1-6-19-18(21-10-9-20-17(23)13(2)3)22-12-15-7-8-16(14(4)11-15)26(5,24)25;/h7-8,11,13H,6,9-10,12H2,1-5H3,(H,20,23)(H2,19,21,22);1H. The molecule has 3 N–H and O–H groups in total. The van der Waals surface area contributed by atoms with Crippen LogP contribution in [0, 0.1) is 12.8 Å². The zero-order valence-corrected chi connectivity index (χ0v) is 19.8. The summed E-state index contributed by atoms with van der Waals surface area (Å²) >= 11 is 0. The molecule has 9 heteroatoms. The lowest BCUT2D eigenvalue weighted by atomic mass is 10.1. The highest BCUT2D eigenvalue weighted by Crippen LogP contribution is 2.17. The number of nitrogens with one attached hydrogen (secondary N) is 3. The molecular formula is C18H31IN4O3S. The first-order valence-electron chi connectivity index (χ1n) is 8.74. The minimum Gasteiger partial charge on any atom is -0.357 e. The molecule has 154 valence electrons. The van der Waals surface area contributed by atoms with Gasteiger partial charge in [-0.05, 0) is 31.0 Å². The summed E-state index contributed by atoms with van der Waals surface area (Å²) in [6.07, 6.45) is 1.21. The van der Waals surface area contributed by atoms with E-state index in [4.69, 9.17) is 0 Å². The van der Waals surface area contributed by atoms with Crippen LogP contribution < -0.4 is 16.0 Å². The Morgan fingerprint density at radius 3 is 2.30 bits per heavy atom. The number of carbonyl (C=O) groups excluding carboxylic acids is 1. The van der Waals surface area contributed by atoms with Crippen LogP contribution in [0.5, 0.6) is 0 Å². The van der Waals surface area contributed by atoms with E-state index in [0.29, 0.717) is 30.5 Å². The molecule has 1 aromatic carbocycles. The molecule has 0 heterocycles. The van der Waals surface area contributed by atoms with Gasteiger partial charge in [-0.2, -0.15) is 0 Å². The van der Waals surface area contributed by atoms with Crippen molar-refractivity contribution in [3.8, 4) is 0 Å². The second-order valence-electron chi connectivity index (χ2n) is 6.44. The monoisotopic (exact) mass is 510 g/mol. The van der Waals surface area contributed by atoms with E-state index in [2.05, 4.69) is 20.9 Å². The second kappa shape index (κ2) is 12.2. The Hall–Kier alpha value is -1.36. The molecule has 1 amide bonds. The van der Waals surface area contributed by atoms with Gasteiger partial charge in [-0.3, -0.25) is 4.79 Å². The normalized spacial score (nSPS) is 11.7. The number of benzene rings is 1. The fourth-order valence-corrected chi connectivity index (χ4v) is 3.27. The predicted molar refractivity (Wildman–Crippen MR) is 120 cm³/mol. The number of carbonyl (C=O) groups is 1. The first kappa shape index (κ1) is 25.6. The van der Waals surface area contributed by atoms with Crippen LogP contribution in [0.25, 0.3) is 0 Å². The molecule has 0 aromatic heterocycles. The van der Waals surface area contributed by atoms with Crippen LogP contribution in [0.2, 0.25) is 0 Å². The highest BCUT2D eigenvalue weighted by molar-refractivity contribution is 14.0. The number of rotatable bonds is 8. The molecule has 0 spiro atoms. The maximum absolute atomic E-state index is 11.7. The first-order valence-corrected chi connectivity index (χ1v) is 10.6. The number of nitrogens with zero attached hydrogens (tertiary/aromatic N) is 1. The van der Waals surface area contributed by atoms with E-state index in [1.54, 1.807) is 19.1 Å². The van der Waals surface area contributed by atoms with E-state index in [-0.39, 0.29) is 35.8 Å². The van der Waals surface area contributed by atoms with Crippen LogP contribution in [0.3, 0.4) is 0 Å². The quantitative estimate of drug-likeness (QED) is 0.215. The average Bonchev–Trinajstić information content (AvgIpc) is 2.54. The number of hydrogen-bond donors (Lipinski definition) is 3. The molecule has 0 saturated carbocycles. The van der Waals surface area contributed by atoms with Gasteiger partial charge in [-0.1, -0.05) is 26.0 Å². The van der Waals surface area contributed by atoms with Crippen LogP contribution in [0.15, 0.2) is 28.1 Å². The number of aryl methyl sites for hydroxylation is 1. The zero-order chi connectivity index (χ0) is 19.7. The van der Waals surface area contributed by atoms with Gasteiger partial charge in [-0.15, -0.1) is 24.0 Å². The van der Waals surface area contributed by atoms with Crippen molar-refractivity contribution in [1.29, 1.82) is 0 Å². The molecule has 0 bridgehead atoms. The third kappa shape index (κ3) is 9.41. The third-order valence-corrected chi connectivity index (χ3v) is 4.90. The minimum absolute atomic E-state index is 0. The number of guanidine groups is 1. The molecular weight excluding hydrogens is 479 g/mol. The Balaban J connectivity index is 0.00000676. The van der Waals surface area contributed by atoms with Crippen molar-refractivity contribution in [3.63, 3.8) is 0 Å². The van der Waals surface area contributed by atoms with Crippen LogP contribution in [0.4, 0.5) is 0 Å². The molecule has 0 atom stereocenters. The van der Waals surface area contributed by atoms with Gasteiger partial charge >= 0.3 is 0 Å². The molecule has 0 aliphatic rings. The van der Waals surface area contributed by atoms with Gasteiger partial charge in [0, 0.05) is 31.8 Å². The van der Waals surface area contributed by atoms with E-state index in [1.165, 1.54) is 6.26 Å². The van der Waals surface area contributed by atoms with Gasteiger partial charge in [0.05, 0.1) is 11.4 Å². The number of hydrogen-bond acceptors (Lipinski definition) is 4. The fraction of sp³-hybridized carbons (Fsp3) is 0.556. The number of sulfone groups is 1. The molecule has 0 aliphatic heterocycles. The van der Waals surface area contributed by atoms with Crippen LogP contribution in [0.1, 0.15) is 31.9 Å². The van der Waals surface area contributed by atoms with Crippen molar-refractivity contribution in [1.82, 2.24) is 16.0 Å². The lowest BCUT2D eigenvalue weighted by molar-refractivity contribution is -0.123. The largest absolute Gasteiger partial charge is 0.357 e. The van der Waals surface area contributed by atoms with Crippen LogP contribution in [-0.4, -0.2) is 46.2 Å². The Morgan fingerprint density at radius 2 is 1.78 bits per heavy atom. The van der Waals surface area contributed by atoms with Crippen LogP contribution >= 0.6 is 24.0 Å². The highest BCUT2D eigenvalue weighted by atomic mass is 127. The minimum atomic E-state index is -3.21. The van der Waals surface area contributed by atoms with Gasteiger partial charge in [0.25, 0.3) is 0 Å². The predicted octanol–water partition coefficient (Wildman–Crippen LogP) is 1.84.